The zero-order valence-corrected chi connectivity index (χ0v) is 11.8. The van der Waals surface area contributed by atoms with Gasteiger partial charge in [-0.05, 0) is 56.1 Å². The first-order chi connectivity index (χ1) is 8.18. The molecule has 84 valence electrons. The fourth-order valence-corrected chi connectivity index (χ4v) is 2.88. The van der Waals surface area contributed by atoms with Gasteiger partial charge in [0.2, 0.25) is 0 Å². The van der Waals surface area contributed by atoms with E-state index < -0.39 is 0 Å². The van der Waals surface area contributed by atoms with Crippen molar-refractivity contribution in [2.75, 3.05) is 0 Å². The zero-order chi connectivity index (χ0) is 12.0. The Morgan fingerprint density at radius 1 is 0.824 bits per heavy atom. The lowest BCUT2D eigenvalue weighted by Crippen LogP contribution is -2.04. The van der Waals surface area contributed by atoms with E-state index in [1.54, 1.807) is 0 Å². The largest absolute Gasteiger partial charge is 0.352 e. The summed E-state index contributed by atoms with van der Waals surface area (Å²) in [6, 6.07) is 11.2. The first kappa shape index (κ1) is 11.0. The summed E-state index contributed by atoms with van der Waals surface area (Å²) in [5.41, 5.74) is 1.71. The number of halogens is 2. The minimum absolute atomic E-state index is 0.0522. The molecule has 3 aromatic rings. The van der Waals surface area contributed by atoms with Gasteiger partial charge in [0.1, 0.15) is 0 Å². The molecule has 0 saturated carbocycles. The number of H-pyrrole nitrogens is 1. The smallest absolute Gasteiger partial charge is 0.197 e. The Balaban J connectivity index is 2.68. The summed E-state index contributed by atoms with van der Waals surface area (Å²) in [4.78, 5) is 15.6. The fraction of sp³-hybridized carbons (Fsp3) is 0. The molecule has 1 aromatic heterocycles. The maximum absolute atomic E-state index is 12.3. The third kappa shape index (κ3) is 1.63. The van der Waals surface area contributed by atoms with Crippen LogP contribution in [0.3, 0.4) is 0 Å². The van der Waals surface area contributed by atoms with Crippen LogP contribution >= 0.6 is 31.9 Å². The highest BCUT2D eigenvalue weighted by atomic mass is 79.9. The Hall–Kier alpha value is -1.13. The molecule has 2 nitrogen and oxygen atoms in total. The second-order valence-corrected chi connectivity index (χ2v) is 5.49. The van der Waals surface area contributed by atoms with Crippen LogP contribution in [0.4, 0.5) is 0 Å². The first-order valence-electron chi connectivity index (χ1n) is 5.07. The van der Waals surface area contributed by atoms with Crippen molar-refractivity contribution in [3.05, 3.63) is 55.6 Å². The predicted octanol–water partition coefficient (Wildman–Crippen LogP) is 4.21. The molecule has 0 saturated heterocycles. The number of hydrogen-bond acceptors (Lipinski definition) is 1. The summed E-state index contributed by atoms with van der Waals surface area (Å²) in [5, 5.41) is 1.40. The highest BCUT2D eigenvalue weighted by Crippen LogP contribution is 2.25. The van der Waals surface area contributed by atoms with E-state index in [1.807, 2.05) is 36.4 Å². The van der Waals surface area contributed by atoms with E-state index >= 15 is 0 Å². The summed E-state index contributed by atoms with van der Waals surface area (Å²) in [7, 11) is 0. The standard InChI is InChI=1S/C13H7Br2NO/c14-9-5-1-3-7-11(9)16-12-8(13(7)17)4-2-6-10(12)15/h1-6H,(H,16,17). The normalized spacial score (nSPS) is 11.2. The number of rotatable bonds is 0. The molecule has 0 bridgehead atoms. The third-order valence-electron chi connectivity index (χ3n) is 2.77. The predicted molar refractivity (Wildman–Crippen MR) is 77.5 cm³/mol. The molecule has 0 fully saturated rings. The average Bonchev–Trinajstić information content (AvgIpc) is 2.32. The van der Waals surface area contributed by atoms with Gasteiger partial charge in [0.15, 0.2) is 5.43 Å². The van der Waals surface area contributed by atoms with E-state index in [2.05, 4.69) is 36.8 Å². The molecule has 0 amide bonds. The molecule has 4 heteroatoms. The molecule has 17 heavy (non-hydrogen) atoms. The monoisotopic (exact) mass is 351 g/mol. The summed E-state index contributed by atoms with van der Waals surface area (Å²) in [6.07, 6.45) is 0. The van der Waals surface area contributed by atoms with E-state index in [9.17, 15) is 4.79 Å². The second kappa shape index (κ2) is 3.96. The Labute approximate surface area is 114 Å². The molecular formula is C13H7Br2NO. The topological polar surface area (TPSA) is 32.9 Å². The minimum atomic E-state index is 0.0522. The number of pyridine rings is 1. The van der Waals surface area contributed by atoms with E-state index in [4.69, 9.17) is 0 Å². The van der Waals surface area contributed by atoms with Crippen LogP contribution in [-0.4, -0.2) is 4.98 Å². The Morgan fingerprint density at radius 3 is 1.76 bits per heavy atom. The summed E-state index contributed by atoms with van der Waals surface area (Å²) in [5.74, 6) is 0. The van der Waals surface area contributed by atoms with Gasteiger partial charge >= 0.3 is 0 Å². The lowest BCUT2D eigenvalue weighted by Gasteiger charge is -2.05. The molecule has 0 aliphatic heterocycles. The van der Waals surface area contributed by atoms with Crippen molar-refractivity contribution in [1.29, 1.82) is 0 Å². The Morgan fingerprint density at radius 2 is 1.29 bits per heavy atom. The zero-order valence-electron chi connectivity index (χ0n) is 8.63. The summed E-state index contributed by atoms with van der Waals surface area (Å²) < 4.78 is 1.79. The van der Waals surface area contributed by atoms with Crippen LogP contribution in [0.2, 0.25) is 0 Å². The van der Waals surface area contributed by atoms with Crippen molar-refractivity contribution >= 4 is 53.7 Å². The molecular weight excluding hydrogens is 346 g/mol. The van der Waals surface area contributed by atoms with Crippen molar-refractivity contribution in [2.24, 2.45) is 0 Å². The van der Waals surface area contributed by atoms with E-state index in [-0.39, 0.29) is 5.43 Å². The van der Waals surface area contributed by atoms with E-state index in [0.717, 1.165) is 20.0 Å². The number of benzene rings is 2. The van der Waals surface area contributed by atoms with Gasteiger partial charge in [-0.25, -0.2) is 0 Å². The van der Waals surface area contributed by atoms with Crippen molar-refractivity contribution in [1.82, 2.24) is 4.98 Å². The van der Waals surface area contributed by atoms with Gasteiger partial charge in [-0.1, -0.05) is 12.1 Å². The molecule has 1 heterocycles. The molecule has 3 rings (SSSR count). The summed E-state index contributed by atoms with van der Waals surface area (Å²) in [6.45, 7) is 0. The van der Waals surface area contributed by atoms with Crippen LogP contribution in [0.25, 0.3) is 21.8 Å². The van der Waals surface area contributed by atoms with Crippen LogP contribution < -0.4 is 5.43 Å². The van der Waals surface area contributed by atoms with Crippen LogP contribution in [0.1, 0.15) is 0 Å². The highest BCUT2D eigenvalue weighted by Gasteiger charge is 2.08. The lowest BCUT2D eigenvalue weighted by atomic mass is 10.1. The molecule has 1 N–H and O–H groups in total. The van der Waals surface area contributed by atoms with Crippen molar-refractivity contribution < 1.29 is 0 Å². The average molecular weight is 353 g/mol. The lowest BCUT2D eigenvalue weighted by molar-refractivity contribution is 1.45. The molecule has 0 radical (unpaired) electrons. The molecule has 0 atom stereocenters. The van der Waals surface area contributed by atoms with Gasteiger partial charge in [0.05, 0.1) is 11.0 Å². The number of fused-ring (bicyclic) bond motifs is 2. The van der Waals surface area contributed by atoms with Crippen molar-refractivity contribution in [2.45, 2.75) is 0 Å². The molecule has 0 aliphatic carbocycles. The number of nitrogens with one attached hydrogen (secondary N) is 1. The van der Waals surface area contributed by atoms with Crippen molar-refractivity contribution in [3.8, 4) is 0 Å². The van der Waals surface area contributed by atoms with Gasteiger partial charge in [-0.15, -0.1) is 0 Å². The quantitative estimate of drug-likeness (QED) is 0.604. The Kier molecular flexibility index (Phi) is 2.56. The molecule has 0 aliphatic rings. The fourth-order valence-electron chi connectivity index (χ4n) is 1.95. The van der Waals surface area contributed by atoms with Gasteiger partial charge in [-0.3, -0.25) is 4.79 Å². The second-order valence-electron chi connectivity index (χ2n) is 3.78. The van der Waals surface area contributed by atoms with E-state index in [1.165, 1.54) is 0 Å². The maximum Gasteiger partial charge on any atom is 0.197 e. The number of hydrogen-bond donors (Lipinski definition) is 1. The molecule has 2 aromatic carbocycles. The molecule has 0 unspecified atom stereocenters. The third-order valence-corrected chi connectivity index (χ3v) is 4.09. The highest BCUT2D eigenvalue weighted by molar-refractivity contribution is 9.11. The van der Waals surface area contributed by atoms with Gasteiger partial charge in [-0.2, -0.15) is 0 Å². The van der Waals surface area contributed by atoms with Crippen molar-refractivity contribution in [3.63, 3.8) is 0 Å². The number of aromatic nitrogens is 1. The van der Waals surface area contributed by atoms with E-state index in [0.29, 0.717) is 10.8 Å². The van der Waals surface area contributed by atoms with Crippen LogP contribution in [0.15, 0.2) is 50.1 Å². The minimum Gasteiger partial charge on any atom is -0.352 e. The number of aromatic amines is 1. The van der Waals surface area contributed by atoms with Crippen LogP contribution in [0.5, 0.6) is 0 Å². The SMILES string of the molecule is O=c1c2cccc(Br)c2[nH]c2c(Br)cccc12. The molecule has 0 spiro atoms. The van der Waals surface area contributed by atoms with Crippen LogP contribution in [0, 0.1) is 0 Å². The maximum atomic E-state index is 12.3. The summed E-state index contributed by atoms with van der Waals surface area (Å²) >= 11 is 6.91. The first-order valence-corrected chi connectivity index (χ1v) is 6.66. The van der Waals surface area contributed by atoms with Gasteiger partial charge < -0.3 is 4.98 Å². The van der Waals surface area contributed by atoms with Gasteiger partial charge in [0, 0.05) is 19.7 Å². The van der Waals surface area contributed by atoms with Crippen LogP contribution in [-0.2, 0) is 0 Å². The number of para-hydroxylation sites is 2. The van der Waals surface area contributed by atoms with Gasteiger partial charge in [0.25, 0.3) is 0 Å². The Bertz CT molecular complexity index is 729.